The summed E-state index contributed by atoms with van der Waals surface area (Å²) >= 11 is 0. The van der Waals surface area contributed by atoms with E-state index in [-0.39, 0.29) is 25.3 Å². The second-order valence-corrected chi connectivity index (χ2v) is 11.1. The fourth-order valence-electron chi connectivity index (χ4n) is 5.49. The maximum atomic E-state index is 11.7. The van der Waals surface area contributed by atoms with Gasteiger partial charge in [0, 0.05) is 64.4 Å². The molecule has 2 aliphatic heterocycles. The van der Waals surface area contributed by atoms with Gasteiger partial charge < -0.3 is 30.7 Å². The van der Waals surface area contributed by atoms with Gasteiger partial charge in [0.1, 0.15) is 13.2 Å². The number of hydrogen-bond donors (Lipinski definition) is 4. The summed E-state index contributed by atoms with van der Waals surface area (Å²) < 4.78 is 9.97. The Kier molecular flexibility index (Phi) is 15.5. The lowest BCUT2D eigenvalue weighted by Gasteiger charge is -2.38. The molecule has 2 saturated heterocycles. The number of carbonyl (C=O) groups excluding carboxylic acids is 2. The molecule has 4 atom stereocenters. The van der Waals surface area contributed by atoms with Crippen LogP contribution in [0.15, 0.2) is 86.0 Å². The highest BCUT2D eigenvalue weighted by Gasteiger charge is 2.26. The molecule has 2 aromatic rings. The van der Waals surface area contributed by atoms with Gasteiger partial charge in [-0.3, -0.25) is 9.80 Å². The first kappa shape index (κ1) is 34.8. The number of nitrogens with one attached hydrogen (secondary N) is 4. The standard InChI is InChI=1S/2C17H25N3O2/c2*1-3-11-22-17(21)19-12-16(15-7-5-4-6-8-15)20-10-9-18-14(2)13-20/h2*3-8,14,16,18H,1,9-13H2,2H3,(H,19,21)/t14-,16+;14-,16-/m11/s1. The molecule has 10 nitrogen and oxygen atoms in total. The van der Waals surface area contributed by atoms with Gasteiger partial charge >= 0.3 is 12.2 Å². The summed E-state index contributed by atoms with van der Waals surface area (Å²) in [5, 5.41) is 12.6. The largest absolute Gasteiger partial charge is 0.445 e. The molecule has 2 aliphatic rings. The van der Waals surface area contributed by atoms with Crippen LogP contribution in [0, 0.1) is 0 Å². The maximum Gasteiger partial charge on any atom is 0.407 e. The zero-order chi connectivity index (χ0) is 31.6. The highest BCUT2D eigenvalue weighted by atomic mass is 16.6. The normalized spacial score (nSPS) is 20.1. The third-order valence-electron chi connectivity index (χ3n) is 7.59. The summed E-state index contributed by atoms with van der Waals surface area (Å²) in [6.45, 7) is 18.7. The molecule has 2 aromatic carbocycles. The van der Waals surface area contributed by atoms with Crippen molar-refractivity contribution >= 4 is 12.2 Å². The first-order chi connectivity index (χ1) is 21.4. The molecule has 0 unspecified atom stereocenters. The van der Waals surface area contributed by atoms with E-state index in [9.17, 15) is 9.59 Å². The summed E-state index contributed by atoms with van der Waals surface area (Å²) in [4.78, 5) is 28.2. The van der Waals surface area contributed by atoms with Crippen molar-refractivity contribution in [1.29, 1.82) is 0 Å². The van der Waals surface area contributed by atoms with Gasteiger partial charge in [0.2, 0.25) is 0 Å². The van der Waals surface area contributed by atoms with E-state index in [1.165, 1.54) is 11.1 Å². The maximum absolute atomic E-state index is 11.7. The molecule has 0 bridgehead atoms. The van der Waals surface area contributed by atoms with Crippen molar-refractivity contribution < 1.29 is 19.1 Å². The number of rotatable bonds is 12. The van der Waals surface area contributed by atoms with Gasteiger partial charge in [-0.2, -0.15) is 0 Å². The third kappa shape index (κ3) is 12.1. The Labute approximate surface area is 262 Å². The Morgan fingerprint density at radius 1 is 0.773 bits per heavy atom. The van der Waals surface area contributed by atoms with Crippen molar-refractivity contribution in [3.63, 3.8) is 0 Å². The number of hydrogen-bond acceptors (Lipinski definition) is 8. The summed E-state index contributed by atoms with van der Waals surface area (Å²) in [6, 6.07) is 21.8. The number of piperazine rings is 2. The fraction of sp³-hybridized carbons (Fsp3) is 0.471. The van der Waals surface area contributed by atoms with Gasteiger partial charge in [-0.25, -0.2) is 9.59 Å². The number of carbonyl (C=O) groups is 2. The lowest BCUT2D eigenvalue weighted by Crippen LogP contribution is -2.52. The topological polar surface area (TPSA) is 107 Å². The van der Waals surface area contributed by atoms with Crippen molar-refractivity contribution in [2.24, 2.45) is 0 Å². The summed E-state index contributed by atoms with van der Waals surface area (Å²) in [5.41, 5.74) is 2.42. The minimum Gasteiger partial charge on any atom is -0.445 e. The van der Waals surface area contributed by atoms with Crippen LogP contribution >= 0.6 is 0 Å². The van der Waals surface area contributed by atoms with Crippen molar-refractivity contribution in [1.82, 2.24) is 31.1 Å². The van der Waals surface area contributed by atoms with Gasteiger partial charge in [0.15, 0.2) is 0 Å². The second-order valence-electron chi connectivity index (χ2n) is 11.1. The Morgan fingerprint density at radius 2 is 1.16 bits per heavy atom. The van der Waals surface area contributed by atoms with Crippen LogP contribution in [0.25, 0.3) is 0 Å². The number of benzene rings is 2. The molecule has 0 saturated carbocycles. The van der Waals surface area contributed by atoms with Gasteiger partial charge in [-0.15, -0.1) is 0 Å². The van der Waals surface area contributed by atoms with E-state index in [0.29, 0.717) is 25.2 Å². The van der Waals surface area contributed by atoms with Crippen LogP contribution in [0.3, 0.4) is 0 Å². The summed E-state index contributed by atoms with van der Waals surface area (Å²) in [5.74, 6) is 0. The SMILES string of the molecule is C=CCOC(=O)NC[C@@H](c1ccccc1)N1CCN[C@H](C)C1.C=CCOC(=O)NC[C@H](c1ccccc1)N1CCN[C@H](C)C1. The van der Waals surface area contributed by atoms with Crippen molar-refractivity contribution in [2.45, 2.75) is 38.0 Å². The molecule has 2 amide bonds. The van der Waals surface area contributed by atoms with E-state index >= 15 is 0 Å². The zero-order valence-corrected chi connectivity index (χ0v) is 26.3. The van der Waals surface area contributed by atoms with Crippen LogP contribution in [-0.4, -0.2) is 99.6 Å². The van der Waals surface area contributed by atoms with Crippen LogP contribution in [0.4, 0.5) is 9.59 Å². The average Bonchev–Trinajstić information content (AvgIpc) is 3.04. The zero-order valence-electron chi connectivity index (χ0n) is 26.3. The number of ether oxygens (including phenoxy) is 2. The molecule has 0 aromatic heterocycles. The minimum absolute atomic E-state index is 0.155. The number of alkyl carbamates (subject to hydrolysis) is 2. The summed E-state index contributed by atoms with van der Waals surface area (Å²) in [6.07, 6.45) is 2.33. The van der Waals surface area contributed by atoms with E-state index in [1.54, 1.807) is 12.2 Å². The molecule has 4 N–H and O–H groups in total. The molecular weight excluding hydrogens is 556 g/mol. The van der Waals surface area contributed by atoms with Gasteiger partial charge in [-0.1, -0.05) is 86.0 Å². The smallest absolute Gasteiger partial charge is 0.407 e. The van der Waals surface area contributed by atoms with E-state index in [0.717, 1.165) is 39.3 Å². The third-order valence-corrected chi connectivity index (χ3v) is 7.59. The molecule has 0 spiro atoms. The van der Waals surface area contributed by atoms with E-state index in [2.05, 4.69) is 82.3 Å². The van der Waals surface area contributed by atoms with Crippen LogP contribution in [0.1, 0.15) is 37.1 Å². The molecule has 2 fully saturated rings. The number of nitrogens with zero attached hydrogens (tertiary/aromatic N) is 2. The van der Waals surface area contributed by atoms with Gasteiger partial charge in [0.05, 0.1) is 12.1 Å². The van der Waals surface area contributed by atoms with Crippen LogP contribution in [0.5, 0.6) is 0 Å². The minimum atomic E-state index is -0.399. The fourth-order valence-corrected chi connectivity index (χ4v) is 5.49. The Morgan fingerprint density at radius 3 is 1.50 bits per heavy atom. The highest BCUT2D eigenvalue weighted by Crippen LogP contribution is 2.22. The molecule has 4 rings (SSSR count). The first-order valence-electron chi connectivity index (χ1n) is 15.5. The molecular formula is C34H50N6O4. The van der Waals surface area contributed by atoms with Crippen molar-refractivity contribution in [2.75, 3.05) is 65.6 Å². The van der Waals surface area contributed by atoms with Crippen LogP contribution < -0.4 is 21.3 Å². The molecule has 240 valence electrons. The first-order valence-corrected chi connectivity index (χ1v) is 15.5. The van der Waals surface area contributed by atoms with Crippen molar-refractivity contribution in [3.8, 4) is 0 Å². The van der Waals surface area contributed by atoms with E-state index < -0.39 is 12.2 Å². The molecule has 0 radical (unpaired) electrons. The molecule has 2 heterocycles. The van der Waals surface area contributed by atoms with E-state index in [4.69, 9.17) is 9.47 Å². The quantitative estimate of drug-likeness (QED) is 0.270. The van der Waals surface area contributed by atoms with E-state index in [1.807, 2.05) is 36.4 Å². The predicted molar refractivity (Wildman–Crippen MR) is 176 cm³/mol. The Hall–Kier alpha value is -3.70. The van der Waals surface area contributed by atoms with Crippen LogP contribution in [-0.2, 0) is 9.47 Å². The van der Waals surface area contributed by atoms with Gasteiger partial charge in [0.25, 0.3) is 0 Å². The predicted octanol–water partition coefficient (Wildman–Crippen LogP) is 3.87. The average molecular weight is 607 g/mol. The Bertz CT molecular complexity index is 1050. The summed E-state index contributed by atoms with van der Waals surface area (Å²) in [7, 11) is 0. The van der Waals surface area contributed by atoms with Gasteiger partial charge in [-0.05, 0) is 25.0 Å². The molecule has 44 heavy (non-hydrogen) atoms. The monoisotopic (exact) mass is 606 g/mol. The Balaban J connectivity index is 0.000000240. The molecule has 0 aliphatic carbocycles. The highest BCUT2D eigenvalue weighted by molar-refractivity contribution is 5.67. The van der Waals surface area contributed by atoms with Crippen molar-refractivity contribution in [3.05, 3.63) is 97.1 Å². The van der Waals surface area contributed by atoms with Crippen LogP contribution in [0.2, 0.25) is 0 Å². The second kappa shape index (κ2) is 19.6. The lowest BCUT2D eigenvalue weighted by molar-refractivity contribution is 0.131. The number of amides is 2. The lowest BCUT2D eigenvalue weighted by atomic mass is 10.0. The molecule has 10 heteroatoms.